The summed E-state index contributed by atoms with van der Waals surface area (Å²) in [6.07, 6.45) is 4.31. The summed E-state index contributed by atoms with van der Waals surface area (Å²) in [5.74, 6) is 5.96. The Morgan fingerprint density at radius 3 is 2.67 bits per heavy atom. The van der Waals surface area contributed by atoms with Crippen molar-refractivity contribution in [2.45, 2.75) is 32.4 Å². The van der Waals surface area contributed by atoms with Gasteiger partial charge in [-0.2, -0.15) is 0 Å². The zero-order valence-electron chi connectivity index (χ0n) is 9.57. The lowest BCUT2D eigenvalue weighted by molar-refractivity contribution is 0.0332. The highest BCUT2D eigenvalue weighted by molar-refractivity contribution is 5.08. The lowest BCUT2D eigenvalue weighted by atomic mass is 9.95. The zero-order chi connectivity index (χ0) is 11.3. The highest BCUT2D eigenvalue weighted by Crippen LogP contribution is 2.14. The first-order chi connectivity index (χ1) is 7.19. The number of hydrogen-bond acceptors (Lipinski definition) is 4. The molecule has 0 aromatic carbocycles. The van der Waals surface area contributed by atoms with Crippen LogP contribution in [0.4, 0.5) is 0 Å². The van der Waals surface area contributed by atoms with Crippen LogP contribution in [-0.4, -0.2) is 19.3 Å². The molecule has 0 spiro atoms. The number of rotatable bonds is 6. The molecule has 4 heteroatoms. The molecular weight excluding hydrogens is 192 g/mol. The van der Waals surface area contributed by atoms with Gasteiger partial charge in [0.1, 0.15) is 0 Å². The van der Waals surface area contributed by atoms with Gasteiger partial charge in [-0.1, -0.05) is 13.8 Å². The summed E-state index contributed by atoms with van der Waals surface area (Å²) in [6, 6.07) is 2.05. The Labute approximate surface area is 90.8 Å². The number of ether oxygens (including phenoxy) is 1. The van der Waals surface area contributed by atoms with Gasteiger partial charge in [-0.05, 0) is 24.0 Å². The summed E-state index contributed by atoms with van der Waals surface area (Å²) in [4.78, 5) is 0. The van der Waals surface area contributed by atoms with Gasteiger partial charge in [0.2, 0.25) is 0 Å². The molecule has 3 N–H and O–H groups in total. The maximum Gasteiger partial charge on any atom is 0.0935 e. The van der Waals surface area contributed by atoms with E-state index >= 15 is 0 Å². The van der Waals surface area contributed by atoms with E-state index in [2.05, 4.69) is 19.3 Å². The van der Waals surface area contributed by atoms with Crippen LogP contribution in [0.15, 0.2) is 23.0 Å². The molecule has 0 fully saturated rings. The van der Waals surface area contributed by atoms with Gasteiger partial charge in [0.05, 0.1) is 24.7 Å². The molecule has 0 aliphatic rings. The number of nitrogens with one attached hydrogen (secondary N) is 1. The molecule has 4 nitrogen and oxygen atoms in total. The molecule has 0 aliphatic carbocycles. The molecule has 2 atom stereocenters. The highest BCUT2D eigenvalue weighted by atomic mass is 16.5. The molecule has 0 radical (unpaired) electrons. The molecule has 0 amide bonds. The van der Waals surface area contributed by atoms with Crippen molar-refractivity contribution in [2.75, 3.05) is 7.11 Å². The lowest BCUT2D eigenvalue weighted by Gasteiger charge is -2.28. The van der Waals surface area contributed by atoms with Crippen LogP contribution < -0.4 is 11.3 Å². The molecule has 0 saturated heterocycles. The molecule has 0 bridgehead atoms. The van der Waals surface area contributed by atoms with Crippen LogP contribution in [0.5, 0.6) is 0 Å². The number of nitrogens with two attached hydrogens (primary N) is 1. The minimum absolute atomic E-state index is 0.102. The van der Waals surface area contributed by atoms with Gasteiger partial charge >= 0.3 is 0 Å². The van der Waals surface area contributed by atoms with Gasteiger partial charge in [-0.3, -0.25) is 11.3 Å². The van der Waals surface area contributed by atoms with Crippen molar-refractivity contribution >= 4 is 0 Å². The van der Waals surface area contributed by atoms with Crippen LogP contribution >= 0.6 is 0 Å². The number of hydrogen-bond donors (Lipinski definition) is 2. The van der Waals surface area contributed by atoms with E-state index in [4.69, 9.17) is 15.0 Å². The number of methoxy groups -OCH3 is 1. The van der Waals surface area contributed by atoms with Crippen LogP contribution in [0.3, 0.4) is 0 Å². The second-order valence-electron chi connectivity index (χ2n) is 4.05. The van der Waals surface area contributed by atoms with Gasteiger partial charge in [0, 0.05) is 7.11 Å². The second-order valence-corrected chi connectivity index (χ2v) is 4.05. The van der Waals surface area contributed by atoms with Crippen molar-refractivity contribution in [3.05, 3.63) is 24.2 Å². The van der Waals surface area contributed by atoms with E-state index in [1.165, 1.54) is 0 Å². The first-order valence-electron chi connectivity index (χ1n) is 5.19. The fourth-order valence-corrected chi connectivity index (χ4v) is 1.83. The second kappa shape index (κ2) is 5.90. The smallest absolute Gasteiger partial charge is 0.0935 e. The topological polar surface area (TPSA) is 60.4 Å². The Balaban J connectivity index is 2.61. The number of hydrazine groups is 1. The Kier molecular flexibility index (Phi) is 4.81. The van der Waals surface area contributed by atoms with Gasteiger partial charge < -0.3 is 9.15 Å². The molecule has 1 rings (SSSR count). The van der Waals surface area contributed by atoms with Crippen molar-refractivity contribution in [3.63, 3.8) is 0 Å². The van der Waals surface area contributed by atoms with E-state index in [1.54, 1.807) is 19.6 Å². The van der Waals surface area contributed by atoms with Gasteiger partial charge in [-0.15, -0.1) is 0 Å². The summed E-state index contributed by atoms with van der Waals surface area (Å²) in [6.45, 7) is 4.24. The predicted octanol–water partition coefficient (Wildman–Crippen LogP) is 1.32. The molecular formula is C11H20N2O2. The standard InChI is InChI=1S/C11H20N2O2/c1-8(2)11(14-3)10(13-12)6-9-4-5-15-7-9/h4-5,7-8,10-11,13H,6,12H2,1-3H3. The monoisotopic (exact) mass is 212 g/mol. The maximum absolute atomic E-state index is 5.54. The average molecular weight is 212 g/mol. The third-order valence-corrected chi connectivity index (χ3v) is 2.58. The van der Waals surface area contributed by atoms with Gasteiger partial charge in [-0.25, -0.2) is 0 Å². The van der Waals surface area contributed by atoms with E-state index < -0.39 is 0 Å². The maximum atomic E-state index is 5.54. The summed E-state index contributed by atoms with van der Waals surface area (Å²) in [5, 5.41) is 0. The SMILES string of the molecule is COC(C(C)C)C(Cc1ccoc1)NN. The third kappa shape index (κ3) is 3.34. The quantitative estimate of drug-likeness (QED) is 0.551. The molecule has 1 aromatic rings. The molecule has 0 saturated carbocycles. The van der Waals surface area contributed by atoms with Crippen molar-refractivity contribution in [1.82, 2.24) is 5.43 Å². The Morgan fingerprint density at radius 1 is 1.53 bits per heavy atom. The minimum atomic E-state index is 0.102. The van der Waals surface area contributed by atoms with Crippen LogP contribution in [0.25, 0.3) is 0 Å². The summed E-state index contributed by atoms with van der Waals surface area (Å²) in [5.41, 5.74) is 3.93. The number of furan rings is 1. The van der Waals surface area contributed by atoms with Crippen LogP contribution in [0.1, 0.15) is 19.4 Å². The van der Waals surface area contributed by atoms with E-state index in [9.17, 15) is 0 Å². The molecule has 86 valence electrons. The average Bonchev–Trinajstić information content (AvgIpc) is 2.69. The van der Waals surface area contributed by atoms with Crippen molar-refractivity contribution in [2.24, 2.45) is 11.8 Å². The Bertz CT molecular complexity index is 260. The van der Waals surface area contributed by atoms with Crippen LogP contribution in [0.2, 0.25) is 0 Å². The molecule has 15 heavy (non-hydrogen) atoms. The third-order valence-electron chi connectivity index (χ3n) is 2.58. The fourth-order valence-electron chi connectivity index (χ4n) is 1.83. The van der Waals surface area contributed by atoms with E-state index in [1.807, 2.05) is 6.07 Å². The zero-order valence-corrected chi connectivity index (χ0v) is 9.57. The van der Waals surface area contributed by atoms with E-state index in [-0.39, 0.29) is 12.1 Å². The fraction of sp³-hybridized carbons (Fsp3) is 0.636. The van der Waals surface area contributed by atoms with Crippen molar-refractivity contribution < 1.29 is 9.15 Å². The Hall–Kier alpha value is -0.840. The largest absolute Gasteiger partial charge is 0.472 e. The van der Waals surface area contributed by atoms with Crippen molar-refractivity contribution in [1.29, 1.82) is 0 Å². The highest BCUT2D eigenvalue weighted by Gasteiger charge is 2.23. The lowest BCUT2D eigenvalue weighted by Crippen LogP contribution is -2.48. The first kappa shape index (κ1) is 12.2. The Morgan fingerprint density at radius 2 is 2.27 bits per heavy atom. The minimum Gasteiger partial charge on any atom is -0.472 e. The van der Waals surface area contributed by atoms with Gasteiger partial charge in [0.15, 0.2) is 0 Å². The van der Waals surface area contributed by atoms with E-state index in [0.29, 0.717) is 5.92 Å². The van der Waals surface area contributed by atoms with E-state index in [0.717, 1.165) is 12.0 Å². The predicted molar refractivity (Wildman–Crippen MR) is 59.2 cm³/mol. The molecule has 0 aliphatic heterocycles. The van der Waals surface area contributed by atoms with Crippen LogP contribution in [-0.2, 0) is 11.2 Å². The summed E-state index contributed by atoms with van der Waals surface area (Å²) >= 11 is 0. The van der Waals surface area contributed by atoms with Crippen molar-refractivity contribution in [3.8, 4) is 0 Å². The molecule has 1 heterocycles. The molecule has 2 unspecified atom stereocenters. The summed E-state index contributed by atoms with van der Waals surface area (Å²) < 4.78 is 10.5. The van der Waals surface area contributed by atoms with Gasteiger partial charge in [0.25, 0.3) is 0 Å². The normalized spacial score (nSPS) is 15.5. The summed E-state index contributed by atoms with van der Waals surface area (Å²) in [7, 11) is 1.71. The van der Waals surface area contributed by atoms with Crippen LogP contribution in [0, 0.1) is 5.92 Å². The first-order valence-corrected chi connectivity index (χ1v) is 5.19. The molecule has 1 aromatic heterocycles.